The molecular weight excluding hydrogens is 338 g/mol. The summed E-state index contributed by atoms with van der Waals surface area (Å²) in [7, 11) is 0. The van der Waals surface area contributed by atoms with Crippen molar-refractivity contribution >= 4 is 27.5 Å². The lowest BCUT2D eigenvalue weighted by Crippen LogP contribution is -2.00. The predicted molar refractivity (Wildman–Crippen MR) is 84.3 cm³/mol. The quantitative estimate of drug-likeness (QED) is 0.727. The van der Waals surface area contributed by atoms with Crippen LogP contribution in [0.3, 0.4) is 0 Å². The molecule has 2 nitrogen and oxygen atoms in total. The van der Waals surface area contributed by atoms with E-state index in [9.17, 15) is 0 Å². The summed E-state index contributed by atoms with van der Waals surface area (Å²) in [6.07, 6.45) is 0. The molecule has 4 heteroatoms. The predicted octanol–water partition coefficient (Wildman–Crippen LogP) is 4.99. The molecule has 0 aliphatic carbocycles. The van der Waals surface area contributed by atoms with Crippen molar-refractivity contribution in [3.05, 3.63) is 63.7 Å². The van der Waals surface area contributed by atoms with Crippen LogP contribution in [0.1, 0.15) is 22.3 Å². The molecule has 0 atom stereocenters. The smallest absolute Gasteiger partial charge is 0.123 e. The van der Waals surface area contributed by atoms with Crippen LogP contribution < -0.4 is 4.74 Å². The van der Waals surface area contributed by atoms with E-state index >= 15 is 0 Å². The molecule has 0 amide bonds. The molecule has 0 aliphatic heterocycles. The summed E-state index contributed by atoms with van der Waals surface area (Å²) in [5.41, 5.74) is 3.81. The monoisotopic (exact) mass is 349 g/mol. The lowest BCUT2D eigenvalue weighted by Gasteiger charge is -2.12. The second kappa shape index (κ2) is 6.78. The zero-order chi connectivity index (χ0) is 14.5. The Labute approximate surface area is 132 Å². The highest BCUT2D eigenvalue weighted by Gasteiger charge is 2.06. The maximum Gasteiger partial charge on any atom is 0.123 e. The molecule has 102 valence electrons. The zero-order valence-corrected chi connectivity index (χ0v) is 13.3. The third-order valence-electron chi connectivity index (χ3n) is 3.02. The fourth-order valence-electron chi connectivity index (χ4n) is 1.88. The second-order valence-corrected chi connectivity index (χ2v) is 5.42. The molecule has 2 aromatic carbocycles. The molecule has 0 radical (unpaired) electrons. The molecule has 0 N–H and O–H groups in total. The third kappa shape index (κ3) is 3.53. The number of benzene rings is 2. The third-order valence-corrected chi connectivity index (χ3v) is 3.86. The van der Waals surface area contributed by atoms with Crippen LogP contribution in [-0.2, 0) is 11.9 Å². The average molecular weight is 351 g/mol. The number of ether oxygens (including phenoxy) is 1. The molecule has 0 fully saturated rings. The van der Waals surface area contributed by atoms with Gasteiger partial charge in [-0.3, -0.25) is 0 Å². The SMILES string of the molecule is Cc1cc(C#N)ccc1COc1ccc(Cl)cc1CBr. The number of alkyl halides is 1. The van der Waals surface area contributed by atoms with E-state index in [1.165, 1.54) is 0 Å². The highest BCUT2D eigenvalue weighted by molar-refractivity contribution is 9.08. The van der Waals surface area contributed by atoms with Gasteiger partial charge in [-0.05, 0) is 48.4 Å². The standard InChI is InChI=1S/C16H13BrClNO/c1-11-6-12(9-19)2-3-13(11)10-20-16-5-4-15(18)7-14(16)8-17/h2-7H,8,10H2,1H3. The zero-order valence-electron chi connectivity index (χ0n) is 11.0. The minimum atomic E-state index is 0.471. The summed E-state index contributed by atoms with van der Waals surface area (Å²) in [5, 5.41) is 10.2. The Morgan fingerprint density at radius 2 is 2.00 bits per heavy atom. The van der Waals surface area contributed by atoms with Gasteiger partial charge in [-0.1, -0.05) is 33.6 Å². The Balaban J connectivity index is 2.15. The molecule has 0 unspecified atom stereocenters. The summed E-state index contributed by atoms with van der Waals surface area (Å²) in [6.45, 7) is 2.45. The van der Waals surface area contributed by atoms with Gasteiger partial charge in [0.25, 0.3) is 0 Å². The van der Waals surface area contributed by atoms with Crippen molar-refractivity contribution in [1.29, 1.82) is 5.26 Å². The van der Waals surface area contributed by atoms with E-state index in [2.05, 4.69) is 22.0 Å². The first-order chi connectivity index (χ1) is 9.63. The van der Waals surface area contributed by atoms with Crippen LogP contribution in [0, 0.1) is 18.3 Å². The van der Waals surface area contributed by atoms with Gasteiger partial charge in [0, 0.05) is 15.9 Å². The van der Waals surface area contributed by atoms with E-state index in [1.807, 2.05) is 37.3 Å². The molecule has 0 aliphatic rings. The first-order valence-electron chi connectivity index (χ1n) is 6.11. The van der Waals surface area contributed by atoms with Crippen LogP contribution in [-0.4, -0.2) is 0 Å². The van der Waals surface area contributed by atoms with Crippen molar-refractivity contribution in [3.63, 3.8) is 0 Å². The van der Waals surface area contributed by atoms with Crippen LogP contribution >= 0.6 is 27.5 Å². The number of halogens is 2. The number of hydrogen-bond donors (Lipinski definition) is 0. The minimum absolute atomic E-state index is 0.471. The van der Waals surface area contributed by atoms with Crippen molar-refractivity contribution in [3.8, 4) is 11.8 Å². The summed E-state index contributed by atoms with van der Waals surface area (Å²) >= 11 is 9.39. The van der Waals surface area contributed by atoms with Gasteiger partial charge in [-0.2, -0.15) is 5.26 Å². The van der Waals surface area contributed by atoms with Gasteiger partial charge in [0.2, 0.25) is 0 Å². The molecule has 0 bridgehead atoms. The van der Waals surface area contributed by atoms with Crippen LogP contribution in [0.5, 0.6) is 5.75 Å². The minimum Gasteiger partial charge on any atom is -0.489 e. The van der Waals surface area contributed by atoms with E-state index in [0.717, 1.165) is 22.4 Å². The van der Waals surface area contributed by atoms with Gasteiger partial charge in [-0.25, -0.2) is 0 Å². The molecule has 2 rings (SSSR count). The van der Waals surface area contributed by atoms with E-state index < -0.39 is 0 Å². The van der Waals surface area contributed by atoms with Crippen molar-refractivity contribution < 1.29 is 4.74 Å². The van der Waals surface area contributed by atoms with E-state index in [0.29, 0.717) is 22.5 Å². The Morgan fingerprint density at radius 1 is 1.20 bits per heavy atom. The molecule has 0 saturated heterocycles. The molecule has 20 heavy (non-hydrogen) atoms. The van der Waals surface area contributed by atoms with Crippen molar-refractivity contribution in [2.45, 2.75) is 18.9 Å². The number of hydrogen-bond acceptors (Lipinski definition) is 2. The van der Waals surface area contributed by atoms with E-state index in [-0.39, 0.29) is 0 Å². The maximum atomic E-state index is 8.86. The number of nitrogens with zero attached hydrogens (tertiary/aromatic N) is 1. The first kappa shape index (κ1) is 14.9. The first-order valence-corrected chi connectivity index (χ1v) is 7.61. The molecule has 2 aromatic rings. The Bertz CT molecular complexity index is 664. The van der Waals surface area contributed by atoms with Gasteiger partial charge in [0.05, 0.1) is 11.6 Å². The van der Waals surface area contributed by atoms with E-state index in [1.54, 1.807) is 6.07 Å². The second-order valence-electron chi connectivity index (χ2n) is 4.43. The topological polar surface area (TPSA) is 33.0 Å². The lowest BCUT2D eigenvalue weighted by atomic mass is 10.1. The maximum absolute atomic E-state index is 8.86. The Kier molecular flexibility index (Phi) is 5.05. The molecule has 0 spiro atoms. The highest BCUT2D eigenvalue weighted by atomic mass is 79.9. The normalized spacial score (nSPS) is 10.1. The Morgan fingerprint density at radius 3 is 2.65 bits per heavy atom. The fourth-order valence-corrected chi connectivity index (χ4v) is 2.51. The van der Waals surface area contributed by atoms with Crippen molar-refractivity contribution in [2.24, 2.45) is 0 Å². The van der Waals surface area contributed by atoms with Gasteiger partial charge in [0.1, 0.15) is 12.4 Å². The van der Waals surface area contributed by atoms with Crippen molar-refractivity contribution in [2.75, 3.05) is 0 Å². The van der Waals surface area contributed by atoms with Gasteiger partial charge < -0.3 is 4.74 Å². The van der Waals surface area contributed by atoms with Crippen LogP contribution in [0.4, 0.5) is 0 Å². The van der Waals surface area contributed by atoms with E-state index in [4.69, 9.17) is 21.6 Å². The molecule has 0 aromatic heterocycles. The molecule has 0 heterocycles. The van der Waals surface area contributed by atoms with Crippen molar-refractivity contribution in [1.82, 2.24) is 0 Å². The lowest BCUT2D eigenvalue weighted by molar-refractivity contribution is 0.303. The van der Waals surface area contributed by atoms with Crippen LogP contribution in [0.25, 0.3) is 0 Å². The van der Waals surface area contributed by atoms with Gasteiger partial charge in [0.15, 0.2) is 0 Å². The van der Waals surface area contributed by atoms with Crippen LogP contribution in [0.2, 0.25) is 5.02 Å². The van der Waals surface area contributed by atoms with Crippen LogP contribution in [0.15, 0.2) is 36.4 Å². The number of aryl methyl sites for hydroxylation is 1. The fraction of sp³-hybridized carbons (Fsp3) is 0.188. The summed E-state index contributed by atoms with van der Waals surface area (Å²) < 4.78 is 5.85. The Hall–Kier alpha value is -1.50. The van der Waals surface area contributed by atoms with Gasteiger partial charge in [-0.15, -0.1) is 0 Å². The molecule has 0 saturated carbocycles. The summed E-state index contributed by atoms with van der Waals surface area (Å²) in [5.74, 6) is 0.815. The number of nitriles is 1. The summed E-state index contributed by atoms with van der Waals surface area (Å²) in [4.78, 5) is 0. The average Bonchev–Trinajstić information content (AvgIpc) is 2.46. The van der Waals surface area contributed by atoms with Gasteiger partial charge >= 0.3 is 0 Å². The highest BCUT2D eigenvalue weighted by Crippen LogP contribution is 2.26. The summed E-state index contributed by atoms with van der Waals surface area (Å²) in [6, 6.07) is 13.3. The number of rotatable bonds is 4. The molecular formula is C16H13BrClNO. The largest absolute Gasteiger partial charge is 0.489 e.